The fourth-order valence-electron chi connectivity index (χ4n) is 17.5. The minimum atomic E-state index is -0.894. The molecule has 8 heteroatoms. The van der Waals surface area contributed by atoms with E-state index in [2.05, 4.69) is 229 Å². The molecule has 0 amide bonds. The van der Waals surface area contributed by atoms with E-state index in [-0.39, 0.29) is 11.6 Å². The van der Waals surface area contributed by atoms with Crippen molar-refractivity contribution in [1.82, 2.24) is 0 Å². The second kappa shape index (κ2) is 26.8. The SMILES string of the molecule is C=Cc1ccc(Oc2ccc(C3(c4ccc(F)c(C)c4)c4ccccc4-c4ccc(N(c5ccc(-c6ccc(N(c7ccc8c(c7)C(c7ccc(Oc9ccc(C=C)cc9)cc7)(c7ccc(F)c(C)c7)c7ccccc7-8)c7ccc8c(c7)oc7ccccc78)cc6)cc5)c5ccc6c(c5)oc5ccccc56)cc43)cc2)cc1. The van der Waals surface area contributed by atoms with Crippen LogP contribution in [-0.2, 0) is 10.8 Å². The van der Waals surface area contributed by atoms with E-state index >= 15 is 8.78 Å². The van der Waals surface area contributed by atoms with Crippen LogP contribution in [0.25, 0.3) is 89.4 Å². The highest BCUT2D eigenvalue weighted by Crippen LogP contribution is 2.60. The van der Waals surface area contributed by atoms with E-state index in [0.29, 0.717) is 34.1 Å². The summed E-state index contributed by atoms with van der Waals surface area (Å²) >= 11 is 0. The summed E-state index contributed by atoms with van der Waals surface area (Å²) < 4.78 is 57.7. The van der Waals surface area contributed by atoms with Gasteiger partial charge in [0.2, 0.25) is 0 Å². The Hall–Kier alpha value is -14.3. The number of rotatable bonds is 17. The van der Waals surface area contributed by atoms with Gasteiger partial charge in [0.15, 0.2) is 0 Å². The summed E-state index contributed by atoms with van der Waals surface area (Å²) in [5.74, 6) is 2.28. The average Bonchev–Trinajstić information content (AvgIpc) is 1.53. The first kappa shape index (κ1) is 67.0. The maximum atomic E-state index is 15.7. The van der Waals surface area contributed by atoms with Crippen LogP contribution in [0.4, 0.5) is 42.9 Å². The zero-order valence-electron chi connectivity index (χ0n) is 61.3. The molecule has 18 aromatic rings. The largest absolute Gasteiger partial charge is 0.457 e. The van der Waals surface area contributed by atoms with Gasteiger partial charge in [-0.05, 0) is 260 Å². The topological polar surface area (TPSA) is 51.2 Å². The van der Waals surface area contributed by atoms with Crippen LogP contribution in [0.15, 0.2) is 374 Å². The number of halogens is 2. The summed E-state index contributed by atoms with van der Waals surface area (Å²) in [6, 6.07) is 121. The number of ether oxygens (including phenoxy) is 2. The van der Waals surface area contributed by atoms with Gasteiger partial charge in [0.05, 0.1) is 10.8 Å². The van der Waals surface area contributed by atoms with E-state index in [1.54, 1.807) is 12.1 Å². The van der Waals surface area contributed by atoms with Crippen molar-refractivity contribution in [2.45, 2.75) is 24.7 Å². The number of hydrogen-bond donors (Lipinski definition) is 0. The van der Waals surface area contributed by atoms with Crippen molar-refractivity contribution in [3.8, 4) is 56.4 Å². The molecule has 20 rings (SSSR count). The summed E-state index contributed by atoms with van der Waals surface area (Å²) in [6.07, 6.45) is 3.63. The standard InChI is InChI=1S/C104H70F2N2O4/c1-5-67-23-45-81(46-24-67)109-83-49-31-71(32-50-83)103(73-35-57-97(105)65(3)59-73)93-19-11-7-15-85(93)87-53-41-77(61-95(87)103)107(79-43-55-91-89-17-9-13-21-99(89)111-101(91)63-79)75-37-27-69(28-38-75)70-29-39-76(40-30-70)108(80-44-56-92-90-18-10-14-22-100(90)112-102(92)64-80)78-42-54-88-86-16-8-12-20-94(86)104(96(88)62-78,74-36-58-98(106)66(4)60-74)72-33-51-84(52-34-72)110-82-47-25-68(6-2)26-48-82/h5-64H,1-2H2,3-4H3. The normalized spacial score (nSPS) is 14.6. The Labute approximate surface area is 647 Å². The van der Waals surface area contributed by atoms with Crippen molar-refractivity contribution in [2.24, 2.45) is 0 Å². The minimum absolute atomic E-state index is 0.266. The van der Waals surface area contributed by atoms with Gasteiger partial charge in [-0.3, -0.25) is 0 Å². The van der Waals surface area contributed by atoms with E-state index in [0.717, 1.165) is 167 Å². The number of furan rings is 2. The zero-order valence-corrected chi connectivity index (χ0v) is 61.3. The molecule has 2 unspecified atom stereocenters. The fourth-order valence-corrected chi connectivity index (χ4v) is 17.5. The first-order valence-corrected chi connectivity index (χ1v) is 37.7. The Balaban J connectivity index is 0.707. The van der Waals surface area contributed by atoms with Crippen molar-refractivity contribution in [2.75, 3.05) is 9.80 Å². The zero-order chi connectivity index (χ0) is 75.3. The average molecular weight is 1450 g/mol. The van der Waals surface area contributed by atoms with Crippen LogP contribution in [0, 0.1) is 25.5 Å². The maximum absolute atomic E-state index is 15.7. The number of para-hydroxylation sites is 2. The van der Waals surface area contributed by atoms with Gasteiger partial charge in [-0.2, -0.15) is 0 Å². The lowest BCUT2D eigenvalue weighted by Crippen LogP contribution is -2.29. The van der Waals surface area contributed by atoms with Crippen molar-refractivity contribution in [3.05, 3.63) is 443 Å². The Kier molecular flexibility index (Phi) is 16.0. The molecule has 0 fully saturated rings. The third-order valence-electron chi connectivity index (χ3n) is 22.9. The number of hydrogen-bond acceptors (Lipinski definition) is 6. The molecule has 0 bridgehead atoms. The molecule has 16 aromatic carbocycles. The summed E-state index contributed by atoms with van der Waals surface area (Å²) in [5.41, 5.74) is 24.6. The highest BCUT2D eigenvalue weighted by molar-refractivity contribution is 6.08. The van der Waals surface area contributed by atoms with Crippen LogP contribution < -0.4 is 19.3 Å². The summed E-state index contributed by atoms with van der Waals surface area (Å²) in [5, 5.41) is 4.15. The van der Waals surface area contributed by atoms with E-state index < -0.39 is 10.8 Å². The third kappa shape index (κ3) is 11.0. The first-order chi connectivity index (χ1) is 55.0. The Bertz CT molecular complexity index is 6370. The Morgan fingerprint density at radius 3 is 1.00 bits per heavy atom. The van der Waals surface area contributed by atoms with Gasteiger partial charge in [-0.1, -0.05) is 219 Å². The predicted octanol–water partition coefficient (Wildman–Crippen LogP) is 28.6. The van der Waals surface area contributed by atoms with E-state index in [1.165, 1.54) is 0 Å². The molecule has 0 spiro atoms. The number of anilines is 6. The van der Waals surface area contributed by atoms with Crippen LogP contribution in [0.1, 0.15) is 66.8 Å². The molecule has 0 aliphatic heterocycles. The molecule has 2 aromatic heterocycles. The molecule has 534 valence electrons. The van der Waals surface area contributed by atoms with Crippen molar-refractivity contribution >= 4 is 90.2 Å². The monoisotopic (exact) mass is 1450 g/mol. The molecule has 0 radical (unpaired) electrons. The van der Waals surface area contributed by atoms with E-state index in [4.69, 9.17) is 18.3 Å². The number of benzene rings is 16. The van der Waals surface area contributed by atoms with Crippen molar-refractivity contribution < 1.29 is 27.1 Å². The number of fused-ring (bicyclic) bond motifs is 12. The second-order valence-electron chi connectivity index (χ2n) is 29.1. The van der Waals surface area contributed by atoms with Crippen LogP contribution in [0.5, 0.6) is 23.0 Å². The lowest BCUT2D eigenvalue weighted by molar-refractivity contribution is 0.482. The quantitative estimate of drug-likeness (QED) is 0.0906. The van der Waals surface area contributed by atoms with Crippen LogP contribution in [0.3, 0.4) is 0 Å². The molecule has 2 aliphatic carbocycles. The van der Waals surface area contributed by atoms with Crippen molar-refractivity contribution in [3.63, 3.8) is 0 Å². The highest BCUT2D eigenvalue weighted by Gasteiger charge is 2.49. The molecule has 2 aliphatic rings. The molecule has 0 saturated carbocycles. The second-order valence-corrected chi connectivity index (χ2v) is 29.1. The van der Waals surface area contributed by atoms with Crippen LogP contribution in [-0.4, -0.2) is 0 Å². The summed E-state index contributed by atoms with van der Waals surface area (Å²) in [4.78, 5) is 4.62. The van der Waals surface area contributed by atoms with Gasteiger partial charge in [-0.15, -0.1) is 0 Å². The molecule has 112 heavy (non-hydrogen) atoms. The molecular formula is C104H70F2N2O4. The molecule has 6 nitrogen and oxygen atoms in total. The number of nitrogens with zero attached hydrogens (tertiary/aromatic N) is 2. The maximum Gasteiger partial charge on any atom is 0.137 e. The van der Waals surface area contributed by atoms with Gasteiger partial charge in [0.1, 0.15) is 57.0 Å². The summed E-state index contributed by atoms with van der Waals surface area (Å²) in [6.45, 7) is 11.5. The van der Waals surface area contributed by atoms with E-state index in [9.17, 15) is 0 Å². The fraction of sp³-hybridized carbons (Fsp3) is 0.0385. The molecule has 0 saturated heterocycles. The van der Waals surface area contributed by atoms with Gasteiger partial charge >= 0.3 is 0 Å². The third-order valence-corrected chi connectivity index (χ3v) is 22.9. The Morgan fingerprint density at radius 1 is 0.286 bits per heavy atom. The highest BCUT2D eigenvalue weighted by atomic mass is 19.1. The smallest absolute Gasteiger partial charge is 0.137 e. The molecule has 0 N–H and O–H groups in total. The lowest BCUT2D eigenvalue weighted by Gasteiger charge is -2.35. The molecule has 2 atom stereocenters. The van der Waals surface area contributed by atoms with Crippen LogP contribution >= 0.6 is 0 Å². The van der Waals surface area contributed by atoms with Gasteiger partial charge < -0.3 is 28.1 Å². The van der Waals surface area contributed by atoms with Crippen LogP contribution in [0.2, 0.25) is 0 Å². The lowest BCUT2D eigenvalue weighted by atomic mass is 9.67. The predicted molar refractivity (Wildman–Crippen MR) is 453 cm³/mol. The first-order valence-electron chi connectivity index (χ1n) is 37.7. The molecular weight excluding hydrogens is 1380 g/mol. The Morgan fingerprint density at radius 2 is 0.607 bits per heavy atom. The molecule has 2 heterocycles. The summed E-state index contributed by atoms with van der Waals surface area (Å²) in [7, 11) is 0. The van der Waals surface area contributed by atoms with Gasteiger partial charge in [-0.25, -0.2) is 8.78 Å². The minimum Gasteiger partial charge on any atom is -0.457 e. The van der Waals surface area contributed by atoms with Crippen molar-refractivity contribution in [1.29, 1.82) is 0 Å². The van der Waals surface area contributed by atoms with Gasteiger partial charge in [0, 0.05) is 67.8 Å². The van der Waals surface area contributed by atoms with E-state index in [1.807, 2.05) is 159 Å². The van der Waals surface area contributed by atoms with Gasteiger partial charge in [0.25, 0.3) is 0 Å². The number of aryl methyl sites for hydroxylation is 2.